The van der Waals surface area contributed by atoms with Crippen LogP contribution in [0.3, 0.4) is 0 Å². The average molecular weight is 464 g/mol. The summed E-state index contributed by atoms with van der Waals surface area (Å²) in [6.45, 7) is 9.13. The molecule has 1 saturated heterocycles. The number of hydrogen-bond donors (Lipinski definition) is 1. The number of aromatic nitrogens is 1. The van der Waals surface area contributed by atoms with Crippen LogP contribution in [-0.2, 0) is 6.54 Å². The highest BCUT2D eigenvalue weighted by molar-refractivity contribution is 5.95. The fraction of sp³-hybridized carbons (Fsp3) is 0.407. The highest BCUT2D eigenvalue weighted by Crippen LogP contribution is 2.40. The van der Waals surface area contributed by atoms with Gasteiger partial charge < -0.3 is 14.6 Å². The first-order valence-electron chi connectivity index (χ1n) is 11.8. The molecule has 2 aromatic carbocycles. The first-order chi connectivity index (χ1) is 16.2. The predicted octanol–water partition coefficient (Wildman–Crippen LogP) is 4.58. The molecule has 0 unspecified atom stereocenters. The van der Waals surface area contributed by atoms with Gasteiger partial charge >= 0.3 is 5.97 Å². The number of nitrogens with zero attached hydrogens (tertiary/aromatic N) is 3. The molecule has 1 aliphatic heterocycles. The highest BCUT2D eigenvalue weighted by Gasteiger charge is 2.36. The Kier molecular flexibility index (Phi) is 5.47. The highest BCUT2D eigenvalue weighted by atomic mass is 19.1. The van der Waals surface area contributed by atoms with Gasteiger partial charge in [-0.2, -0.15) is 0 Å². The van der Waals surface area contributed by atoms with Gasteiger partial charge in [-0.25, -0.2) is 9.18 Å². The summed E-state index contributed by atoms with van der Waals surface area (Å²) in [7, 11) is 0. The molecule has 2 aliphatic rings. The van der Waals surface area contributed by atoms with Crippen LogP contribution in [0.4, 0.5) is 10.1 Å². The molecule has 0 spiro atoms. The zero-order valence-corrected chi connectivity index (χ0v) is 19.8. The van der Waals surface area contributed by atoms with Crippen molar-refractivity contribution in [3.8, 4) is 0 Å². The topological polar surface area (TPSA) is 65.8 Å². The number of piperazine rings is 1. The number of halogens is 1. The van der Waals surface area contributed by atoms with Crippen LogP contribution in [0.15, 0.2) is 47.4 Å². The molecule has 2 heterocycles. The number of carboxylic acids is 1. The molecule has 5 rings (SSSR count). The van der Waals surface area contributed by atoms with Gasteiger partial charge in [0.1, 0.15) is 11.4 Å². The Labute approximate surface area is 198 Å². The van der Waals surface area contributed by atoms with E-state index < -0.39 is 17.2 Å². The molecule has 178 valence electrons. The van der Waals surface area contributed by atoms with Crippen molar-refractivity contribution in [2.45, 2.75) is 51.7 Å². The third-order valence-corrected chi connectivity index (χ3v) is 7.26. The zero-order valence-electron chi connectivity index (χ0n) is 19.8. The van der Waals surface area contributed by atoms with Gasteiger partial charge in [0.25, 0.3) is 0 Å². The summed E-state index contributed by atoms with van der Waals surface area (Å²) in [4.78, 5) is 29.1. The van der Waals surface area contributed by atoms with Crippen molar-refractivity contribution in [1.82, 2.24) is 9.47 Å². The number of rotatable bonds is 5. The van der Waals surface area contributed by atoms with Gasteiger partial charge in [0.15, 0.2) is 0 Å². The summed E-state index contributed by atoms with van der Waals surface area (Å²) >= 11 is 0. The molecule has 0 amide bonds. The van der Waals surface area contributed by atoms with Crippen LogP contribution in [-0.4, -0.2) is 45.7 Å². The van der Waals surface area contributed by atoms with Gasteiger partial charge in [-0.1, -0.05) is 30.3 Å². The van der Waals surface area contributed by atoms with E-state index in [1.165, 1.54) is 17.8 Å². The Hall–Kier alpha value is -3.19. The molecule has 6 nitrogen and oxygen atoms in total. The molecule has 1 aliphatic carbocycles. The minimum atomic E-state index is -1.28. The SMILES string of the molecule is Cc1c(N2CCN(Cc3ccccc3)C(C)(C)C2)c(F)cc2c(=O)c(C(=O)O)cn(C3CC3)c12. The molecular weight excluding hydrogens is 433 g/mol. The number of pyridine rings is 1. The summed E-state index contributed by atoms with van der Waals surface area (Å²) in [6.07, 6.45) is 3.30. The molecule has 0 bridgehead atoms. The largest absolute Gasteiger partial charge is 0.477 e. The number of aryl methyl sites for hydroxylation is 1. The van der Waals surface area contributed by atoms with Crippen LogP contribution in [0.1, 0.15) is 54.2 Å². The Bertz CT molecular complexity index is 1330. The van der Waals surface area contributed by atoms with E-state index in [4.69, 9.17) is 0 Å². The molecule has 1 saturated carbocycles. The third kappa shape index (κ3) is 3.88. The summed E-state index contributed by atoms with van der Waals surface area (Å²) < 4.78 is 17.5. The molecule has 1 aromatic heterocycles. The van der Waals surface area contributed by atoms with Gasteiger partial charge in [0, 0.05) is 49.3 Å². The standard InChI is InChI=1S/C27H30FN3O3/c1-17-23-20(25(32)21(26(33)34)15-31(23)19-9-10-19)13-22(28)24(17)29-11-12-30(27(2,3)16-29)14-18-7-5-4-6-8-18/h4-8,13,15,19H,9-12,14,16H2,1-3H3,(H,33,34). The van der Waals surface area contributed by atoms with Crippen molar-refractivity contribution in [2.75, 3.05) is 24.5 Å². The van der Waals surface area contributed by atoms with Crippen molar-refractivity contribution in [2.24, 2.45) is 0 Å². The van der Waals surface area contributed by atoms with Gasteiger partial charge in [-0.15, -0.1) is 0 Å². The van der Waals surface area contributed by atoms with E-state index in [0.717, 1.165) is 25.9 Å². The Balaban J connectivity index is 1.55. The lowest BCUT2D eigenvalue weighted by atomic mass is 9.95. The molecule has 0 atom stereocenters. The number of fused-ring (bicyclic) bond motifs is 1. The Morgan fingerprint density at radius 3 is 2.50 bits per heavy atom. The van der Waals surface area contributed by atoms with Crippen molar-refractivity contribution in [1.29, 1.82) is 0 Å². The minimum Gasteiger partial charge on any atom is -0.477 e. The fourth-order valence-electron chi connectivity index (χ4n) is 5.33. The second-order valence-corrected chi connectivity index (χ2v) is 10.2. The van der Waals surface area contributed by atoms with E-state index in [2.05, 4.69) is 35.8 Å². The fourth-order valence-corrected chi connectivity index (χ4v) is 5.33. The first-order valence-corrected chi connectivity index (χ1v) is 11.8. The van der Waals surface area contributed by atoms with E-state index in [1.54, 1.807) is 0 Å². The summed E-state index contributed by atoms with van der Waals surface area (Å²) in [5.41, 5.74) is 1.99. The quantitative estimate of drug-likeness (QED) is 0.600. The number of hydrogen-bond acceptors (Lipinski definition) is 4. The maximum atomic E-state index is 15.6. The molecule has 34 heavy (non-hydrogen) atoms. The van der Waals surface area contributed by atoms with Gasteiger partial charge in [-0.3, -0.25) is 9.69 Å². The van der Waals surface area contributed by atoms with Gasteiger partial charge in [0.05, 0.1) is 11.2 Å². The molecule has 2 fully saturated rings. The average Bonchev–Trinajstić information content (AvgIpc) is 3.62. The monoisotopic (exact) mass is 463 g/mol. The summed E-state index contributed by atoms with van der Waals surface area (Å²) in [5.74, 6) is -1.75. The van der Waals surface area contributed by atoms with Crippen LogP contribution in [0.25, 0.3) is 10.9 Å². The second kappa shape index (κ2) is 8.24. The van der Waals surface area contributed by atoms with Crippen molar-refractivity contribution >= 4 is 22.6 Å². The molecule has 0 radical (unpaired) electrons. The van der Waals surface area contributed by atoms with E-state index in [-0.39, 0.29) is 22.5 Å². The zero-order chi connectivity index (χ0) is 24.2. The maximum Gasteiger partial charge on any atom is 0.341 e. The van der Waals surface area contributed by atoms with E-state index in [0.29, 0.717) is 29.9 Å². The van der Waals surface area contributed by atoms with Gasteiger partial charge in [0.2, 0.25) is 5.43 Å². The number of anilines is 1. The van der Waals surface area contributed by atoms with Crippen LogP contribution in [0.2, 0.25) is 0 Å². The molecule has 1 N–H and O–H groups in total. The predicted molar refractivity (Wildman–Crippen MR) is 131 cm³/mol. The molecule has 7 heteroatoms. The van der Waals surface area contributed by atoms with Crippen molar-refractivity contribution in [3.63, 3.8) is 0 Å². The molecular formula is C27H30FN3O3. The third-order valence-electron chi connectivity index (χ3n) is 7.26. The second-order valence-electron chi connectivity index (χ2n) is 10.2. The van der Waals surface area contributed by atoms with E-state index in [9.17, 15) is 14.7 Å². The maximum absolute atomic E-state index is 15.6. The van der Waals surface area contributed by atoms with Crippen LogP contribution in [0.5, 0.6) is 0 Å². The Morgan fingerprint density at radius 1 is 1.18 bits per heavy atom. The van der Waals surface area contributed by atoms with Crippen LogP contribution < -0.4 is 10.3 Å². The van der Waals surface area contributed by atoms with Crippen molar-refractivity contribution in [3.05, 3.63) is 75.3 Å². The smallest absolute Gasteiger partial charge is 0.341 e. The number of carbonyl (C=O) groups is 1. The number of aromatic carboxylic acids is 1. The van der Waals surface area contributed by atoms with Crippen LogP contribution >= 0.6 is 0 Å². The molecule has 3 aromatic rings. The lowest BCUT2D eigenvalue weighted by molar-refractivity contribution is 0.0694. The van der Waals surface area contributed by atoms with Crippen LogP contribution in [0, 0.1) is 12.7 Å². The first kappa shape index (κ1) is 22.6. The number of benzene rings is 2. The lowest BCUT2D eigenvalue weighted by Gasteiger charge is -2.48. The summed E-state index contributed by atoms with van der Waals surface area (Å²) in [5, 5.41) is 9.66. The lowest BCUT2D eigenvalue weighted by Crippen LogP contribution is -2.59. The normalized spacial score (nSPS) is 18.4. The van der Waals surface area contributed by atoms with Crippen molar-refractivity contribution < 1.29 is 14.3 Å². The summed E-state index contributed by atoms with van der Waals surface area (Å²) in [6, 6.07) is 11.7. The van der Waals surface area contributed by atoms with E-state index in [1.807, 2.05) is 29.7 Å². The van der Waals surface area contributed by atoms with Gasteiger partial charge in [-0.05, 0) is 50.8 Å². The van der Waals surface area contributed by atoms with E-state index >= 15 is 4.39 Å². The minimum absolute atomic E-state index is 0.146. The number of carboxylic acid groups (broad SMARTS) is 1. The Morgan fingerprint density at radius 2 is 1.88 bits per heavy atom.